The van der Waals surface area contributed by atoms with Gasteiger partial charge >= 0.3 is 6.01 Å². The number of hydrogen-bond donors (Lipinski definition) is 2. The van der Waals surface area contributed by atoms with Gasteiger partial charge in [-0.05, 0) is 36.2 Å². The number of rotatable bonds is 4. The summed E-state index contributed by atoms with van der Waals surface area (Å²) < 4.78 is 7.78. The molecule has 144 valence electrons. The second-order valence-corrected chi connectivity index (χ2v) is 6.98. The SMILES string of the molecule is Cc1ccccc1Cn1ncc2cc(Oc3nc4c(c(=O)[nH]3)=CCNC=4)ccc21. The molecule has 0 unspecified atom stereocenters. The monoisotopic (exact) mass is 385 g/mol. The van der Waals surface area contributed by atoms with Crippen molar-refractivity contribution >= 4 is 23.2 Å². The van der Waals surface area contributed by atoms with Crippen molar-refractivity contribution in [2.24, 2.45) is 0 Å². The number of aryl methyl sites for hydroxylation is 1. The van der Waals surface area contributed by atoms with Gasteiger partial charge in [0.05, 0.1) is 28.8 Å². The van der Waals surface area contributed by atoms with Crippen molar-refractivity contribution < 1.29 is 4.74 Å². The van der Waals surface area contributed by atoms with E-state index in [1.165, 1.54) is 11.1 Å². The molecule has 7 heteroatoms. The molecule has 0 saturated carbocycles. The van der Waals surface area contributed by atoms with E-state index in [-0.39, 0.29) is 11.6 Å². The summed E-state index contributed by atoms with van der Waals surface area (Å²) in [6, 6.07) is 14.2. The molecule has 7 nitrogen and oxygen atoms in total. The Morgan fingerprint density at radius 2 is 2.10 bits per heavy atom. The predicted molar refractivity (Wildman–Crippen MR) is 111 cm³/mol. The Morgan fingerprint density at radius 3 is 3.00 bits per heavy atom. The zero-order valence-corrected chi connectivity index (χ0v) is 15.8. The van der Waals surface area contributed by atoms with Crippen molar-refractivity contribution in [1.82, 2.24) is 25.1 Å². The fourth-order valence-electron chi connectivity index (χ4n) is 3.47. The lowest BCUT2D eigenvalue weighted by molar-refractivity contribution is 0.438. The van der Waals surface area contributed by atoms with Crippen LogP contribution in [0.4, 0.5) is 0 Å². The Morgan fingerprint density at radius 1 is 1.21 bits per heavy atom. The van der Waals surface area contributed by atoms with Gasteiger partial charge in [0, 0.05) is 18.1 Å². The highest BCUT2D eigenvalue weighted by atomic mass is 16.5. The molecule has 29 heavy (non-hydrogen) atoms. The summed E-state index contributed by atoms with van der Waals surface area (Å²) in [5.41, 5.74) is 3.27. The highest BCUT2D eigenvalue weighted by molar-refractivity contribution is 5.80. The van der Waals surface area contributed by atoms with Crippen LogP contribution in [0.3, 0.4) is 0 Å². The molecule has 4 aromatic rings. The van der Waals surface area contributed by atoms with Gasteiger partial charge in [0.1, 0.15) is 5.75 Å². The van der Waals surface area contributed by atoms with Crippen LogP contribution in [-0.2, 0) is 6.54 Å². The molecule has 0 atom stereocenters. The summed E-state index contributed by atoms with van der Waals surface area (Å²) in [6.45, 7) is 3.42. The molecule has 3 heterocycles. The average Bonchev–Trinajstić information content (AvgIpc) is 3.12. The van der Waals surface area contributed by atoms with E-state index in [0.29, 0.717) is 29.4 Å². The smallest absolute Gasteiger partial charge is 0.302 e. The number of aromatic amines is 1. The molecule has 2 aromatic heterocycles. The van der Waals surface area contributed by atoms with Crippen LogP contribution in [0.2, 0.25) is 0 Å². The highest BCUT2D eigenvalue weighted by Crippen LogP contribution is 2.24. The van der Waals surface area contributed by atoms with Crippen LogP contribution >= 0.6 is 0 Å². The van der Waals surface area contributed by atoms with Gasteiger partial charge in [-0.2, -0.15) is 10.1 Å². The molecule has 1 aliphatic rings. The van der Waals surface area contributed by atoms with Crippen LogP contribution in [0.5, 0.6) is 11.8 Å². The molecule has 0 saturated heterocycles. The van der Waals surface area contributed by atoms with Gasteiger partial charge in [0.2, 0.25) is 0 Å². The standard InChI is InChI=1S/C22H19N5O2/c1-14-4-2-3-5-15(14)13-27-20-7-6-17(10-16(20)11-24-27)29-22-25-19-12-23-9-8-18(19)21(28)26-22/h2-8,10-12,23H,9,13H2,1H3,(H,25,26,28). The summed E-state index contributed by atoms with van der Waals surface area (Å²) in [5, 5.41) is 9.66. The van der Waals surface area contributed by atoms with Crippen molar-refractivity contribution in [3.8, 4) is 11.8 Å². The van der Waals surface area contributed by atoms with E-state index in [2.05, 4.69) is 39.4 Å². The first kappa shape index (κ1) is 17.2. The predicted octanol–water partition coefficient (Wildman–Crippen LogP) is 1.39. The maximum Gasteiger partial charge on any atom is 0.302 e. The molecule has 0 bridgehead atoms. The van der Waals surface area contributed by atoms with Crippen LogP contribution in [0.25, 0.3) is 23.2 Å². The van der Waals surface area contributed by atoms with Gasteiger partial charge in [0.25, 0.3) is 5.56 Å². The van der Waals surface area contributed by atoms with Crippen molar-refractivity contribution in [1.29, 1.82) is 0 Å². The Bertz CT molecular complexity index is 1400. The van der Waals surface area contributed by atoms with E-state index >= 15 is 0 Å². The maximum atomic E-state index is 12.2. The molecule has 0 radical (unpaired) electrons. The molecule has 5 rings (SSSR count). The molecule has 0 spiro atoms. The van der Waals surface area contributed by atoms with Gasteiger partial charge in [-0.15, -0.1) is 0 Å². The number of nitrogens with one attached hydrogen (secondary N) is 2. The van der Waals surface area contributed by atoms with Crippen LogP contribution < -0.4 is 26.2 Å². The topological polar surface area (TPSA) is 84.8 Å². The minimum atomic E-state index is -0.213. The van der Waals surface area contributed by atoms with E-state index in [0.717, 1.165) is 10.9 Å². The molecule has 0 amide bonds. The largest absolute Gasteiger partial charge is 0.426 e. The Kier molecular flexibility index (Phi) is 4.13. The van der Waals surface area contributed by atoms with Gasteiger partial charge in [0.15, 0.2) is 0 Å². The molecule has 0 aliphatic carbocycles. The molecular formula is C22H19N5O2. The summed E-state index contributed by atoms with van der Waals surface area (Å²) in [4.78, 5) is 19.3. The van der Waals surface area contributed by atoms with E-state index in [1.54, 1.807) is 12.3 Å². The second kappa shape index (κ2) is 6.94. The summed E-state index contributed by atoms with van der Waals surface area (Å²) in [7, 11) is 0. The van der Waals surface area contributed by atoms with Crippen molar-refractivity contribution in [2.75, 3.05) is 6.54 Å². The van der Waals surface area contributed by atoms with E-state index in [1.807, 2.05) is 41.2 Å². The zero-order chi connectivity index (χ0) is 19.8. The number of hydrogen-bond acceptors (Lipinski definition) is 5. The number of H-pyrrole nitrogens is 1. The average molecular weight is 385 g/mol. The van der Waals surface area contributed by atoms with Crippen molar-refractivity contribution in [3.05, 3.63) is 80.7 Å². The van der Waals surface area contributed by atoms with Crippen LogP contribution in [0.15, 0.2) is 53.5 Å². The Labute approximate surface area is 166 Å². The molecule has 2 aromatic carbocycles. The first-order valence-electron chi connectivity index (χ1n) is 9.39. The van der Waals surface area contributed by atoms with Crippen LogP contribution in [-0.4, -0.2) is 26.3 Å². The first-order valence-corrected chi connectivity index (χ1v) is 9.39. The third-order valence-electron chi connectivity index (χ3n) is 5.04. The van der Waals surface area contributed by atoms with Gasteiger partial charge in [-0.25, -0.2) is 0 Å². The number of aromatic nitrogens is 4. The Balaban J connectivity index is 1.45. The third-order valence-corrected chi connectivity index (χ3v) is 5.04. The van der Waals surface area contributed by atoms with Gasteiger partial charge in [-0.1, -0.05) is 30.3 Å². The Hall–Kier alpha value is -3.87. The molecule has 0 fully saturated rings. The summed E-state index contributed by atoms with van der Waals surface area (Å²) in [6.07, 6.45) is 5.34. The van der Waals surface area contributed by atoms with Crippen LogP contribution in [0, 0.1) is 6.92 Å². The molecule has 2 N–H and O–H groups in total. The highest BCUT2D eigenvalue weighted by Gasteiger charge is 2.09. The molecule has 1 aliphatic heterocycles. The number of nitrogens with zero attached hydrogens (tertiary/aromatic N) is 3. The zero-order valence-electron chi connectivity index (χ0n) is 15.8. The normalized spacial score (nSPS) is 12.6. The fourth-order valence-corrected chi connectivity index (χ4v) is 3.47. The molecular weight excluding hydrogens is 366 g/mol. The van der Waals surface area contributed by atoms with Gasteiger partial charge in [-0.3, -0.25) is 14.5 Å². The summed E-state index contributed by atoms with van der Waals surface area (Å²) in [5.74, 6) is 0.587. The lowest BCUT2D eigenvalue weighted by atomic mass is 10.1. The van der Waals surface area contributed by atoms with E-state index < -0.39 is 0 Å². The fraction of sp³-hybridized carbons (Fsp3) is 0.136. The minimum absolute atomic E-state index is 0.161. The number of ether oxygens (including phenoxy) is 1. The van der Waals surface area contributed by atoms with Crippen LogP contribution in [0.1, 0.15) is 11.1 Å². The lowest BCUT2D eigenvalue weighted by Gasteiger charge is -2.08. The number of fused-ring (bicyclic) bond motifs is 2. The van der Waals surface area contributed by atoms with Crippen molar-refractivity contribution in [2.45, 2.75) is 13.5 Å². The van der Waals surface area contributed by atoms with Gasteiger partial charge < -0.3 is 10.1 Å². The minimum Gasteiger partial charge on any atom is -0.426 e. The second-order valence-electron chi connectivity index (χ2n) is 6.98. The third kappa shape index (κ3) is 3.27. The quantitative estimate of drug-likeness (QED) is 0.555. The first-order chi connectivity index (χ1) is 14.2. The lowest BCUT2D eigenvalue weighted by Crippen LogP contribution is -2.46. The summed E-state index contributed by atoms with van der Waals surface area (Å²) >= 11 is 0. The van der Waals surface area contributed by atoms with Crippen molar-refractivity contribution in [3.63, 3.8) is 0 Å². The van der Waals surface area contributed by atoms with E-state index in [4.69, 9.17) is 4.74 Å². The maximum absolute atomic E-state index is 12.2. The van der Waals surface area contributed by atoms with E-state index in [9.17, 15) is 4.79 Å². The number of benzene rings is 2.